The van der Waals surface area contributed by atoms with Gasteiger partial charge in [0.1, 0.15) is 18.5 Å². The summed E-state index contributed by atoms with van der Waals surface area (Å²) in [7, 11) is -3.72. The van der Waals surface area contributed by atoms with Crippen LogP contribution >= 0.6 is 0 Å². The Labute approximate surface area is 259 Å². The number of hydrogen-bond donors (Lipinski definition) is 6. The number of fused-ring (bicyclic) bond motifs is 1. The van der Waals surface area contributed by atoms with E-state index >= 15 is 0 Å². The zero-order valence-electron chi connectivity index (χ0n) is 24.5. The number of nitrogens with one attached hydrogen (secondary N) is 4. The monoisotopic (exact) mass is 640 g/mol. The molecule has 240 valence electrons. The quantitative estimate of drug-likeness (QED) is 0.208. The van der Waals surface area contributed by atoms with Gasteiger partial charge in [-0.15, -0.1) is 0 Å². The van der Waals surface area contributed by atoms with Crippen molar-refractivity contribution >= 4 is 44.6 Å². The summed E-state index contributed by atoms with van der Waals surface area (Å²) >= 11 is 0. The van der Waals surface area contributed by atoms with Gasteiger partial charge < -0.3 is 25.6 Å². The summed E-state index contributed by atoms with van der Waals surface area (Å²) in [5.41, 5.74) is 0.732. The molecule has 4 saturated carbocycles. The molecule has 5 fully saturated rings. The molecular formula is C29H36N8O7S. The molecule has 4 atom stereocenters. The van der Waals surface area contributed by atoms with Gasteiger partial charge in [-0.1, -0.05) is 0 Å². The molecule has 1 aliphatic heterocycles. The van der Waals surface area contributed by atoms with Crippen molar-refractivity contribution in [1.29, 1.82) is 0 Å². The van der Waals surface area contributed by atoms with Crippen molar-refractivity contribution in [1.82, 2.24) is 29.6 Å². The van der Waals surface area contributed by atoms with Crippen LogP contribution in [0.3, 0.4) is 0 Å². The molecule has 3 aromatic rings. The van der Waals surface area contributed by atoms with Crippen molar-refractivity contribution in [2.24, 2.45) is 23.7 Å². The van der Waals surface area contributed by atoms with Crippen LogP contribution in [-0.4, -0.2) is 81.0 Å². The fraction of sp³-hybridized carbons (Fsp3) is 0.552. The van der Waals surface area contributed by atoms with Gasteiger partial charge in [0.2, 0.25) is 10.0 Å². The van der Waals surface area contributed by atoms with Crippen LogP contribution in [-0.2, 0) is 19.6 Å². The summed E-state index contributed by atoms with van der Waals surface area (Å²) in [5.74, 6) is 1.81. The van der Waals surface area contributed by atoms with Crippen LogP contribution in [0.15, 0.2) is 41.8 Å². The Kier molecular flexibility index (Phi) is 7.72. The fourth-order valence-electron chi connectivity index (χ4n) is 7.86. The normalized spacial score (nSPS) is 32.1. The van der Waals surface area contributed by atoms with Crippen molar-refractivity contribution in [3.05, 3.63) is 36.9 Å². The third-order valence-electron chi connectivity index (χ3n) is 9.65. The van der Waals surface area contributed by atoms with Gasteiger partial charge in [0.25, 0.3) is 5.91 Å². The van der Waals surface area contributed by atoms with Crippen LogP contribution < -0.4 is 20.7 Å². The van der Waals surface area contributed by atoms with Crippen LogP contribution in [0.5, 0.6) is 0 Å². The molecule has 1 unspecified atom stereocenters. The number of likely N-dealkylation sites (N-methyl/N-ethyl adjacent to an activating group) is 1. The third-order valence-corrected chi connectivity index (χ3v) is 11.1. The van der Waals surface area contributed by atoms with Crippen molar-refractivity contribution < 1.29 is 33.0 Å². The summed E-state index contributed by atoms with van der Waals surface area (Å²) < 4.78 is 36.5. The van der Waals surface area contributed by atoms with Crippen molar-refractivity contribution in [3.63, 3.8) is 0 Å². The maximum Gasteiger partial charge on any atom is 0.324 e. The SMILES string of the molecule is CCNC(=O)[C@H]1O[C@@H](n2cnc3c(NC(=O)Nc4ccc(S(=O)(=O)NC5C6CC7CC(C6)CC5C7)cc4)ncnc32)[C@@H](O)C1O. The van der Waals surface area contributed by atoms with E-state index in [9.17, 15) is 28.2 Å². The van der Waals surface area contributed by atoms with E-state index in [-0.39, 0.29) is 27.9 Å². The first-order valence-corrected chi connectivity index (χ1v) is 16.8. The summed E-state index contributed by atoms with van der Waals surface area (Å²) in [6, 6.07) is 5.29. The van der Waals surface area contributed by atoms with Gasteiger partial charge in [-0.2, -0.15) is 0 Å². The number of aromatic nitrogens is 4. The second kappa shape index (κ2) is 11.6. The smallest absolute Gasteiger partial charge is 0.324 e. The first-order chi connectivity index (χ1) is 21.6. The number of imidazole rings is 1. The van der Waals surface area contributed by atoms with E-state index in [2.05, 4.69) is 35.6 Å². The van der Waals surface area contributed by atoms with Gasteiger partial charge >= 0.3 is 6.03 Å². The number of carbonyl (C=O) groups is 2. The number of sulfonamides is 1. The van der Waals surface area contributed by atoms with E-state index in [4.69, 9.17) is 4.74 Å². The molecule has 4 bridgehead atoms. The minimum atomic E-state index is -3.72. The summed E-state index contributed by atoms with van der Waals surface area (Å²) in [6.07, 6.45) is 2.84. The first kappa shape index (κ1) is 30.0. The van der Waals surface area contributed by atoms with E-state index in [0.29, 0.717) is 24.1 Å². The molecule has 15 nitrogen and oxygen atoms in total. The molecule has 16 heteroatoms. The molecule has 8 rings (SSSR count). The molecule has 4 aliphatic carbocycles. The number of carbonyl (C=O) groups excluding carboxylic acids is 2. The Morgan fingerprint density at radius 3 is 2.31 bits per heavy atom. The first-order valence-electron chi connectivity index (χ1n) is 15.3. The highest BCUT2D eigenvalue weighted by molar-refractivity contribution is 7.89. The standard InChI is InChI=1S/C29H36N8O7S/c1-2-30-27(40)24-22(38)23(39)28(44-24)37-13-33-21-25(31-12-32-26(21)37)35-29(41)34-18-3-5-19(6-4-18)45(42,43)36-20-16-8-14-7-15(10-16)11-17(20)9-14/h3-6,12-17,20,22-24,28,36,38-39H,2,7-11H2,1H3,(H,30,40)(H2,31,32,34,35,41)/t14?,15?,16?,17?,20?,22?,23-,24-,28+/m0/s1. The number of nitrogens with zero attached hydrogens (tertiary/aromatic N) is 4. The molecule has 1 aromatic carbocycles. The minimum absolute atomic E-state index is 0.0184. The number of amides is 3. The fourth-order valence-corrected chi connectivity index (χ4v) is 9.24. The van der Waals surface area contributed by atoms with E-state index in [0.717, 1.165) is 37.5 Å². The topological polar surface area (TPSA) is 210 Å². The molecule has 0 radical (unpaired) electrons. The van der Waals surface area contributed by atoms with Gasteiger partial charge in [0.05, 0.1) is 11.2 Å². The van der Waals surface area contributed by atoms with Gasteiger partial charge in [-0.25, -0.2) is 32.9 Å². The largest absolute Gasteiger partial charge is 0.387 e. The van der Waals surface area contributed by atoms with Crippen LogP contribution in [0.25, 0.3) is 11.2 Å². The Morgan fingerprint density at radius 2 is 1.64 bits per heavy atom. The number of urea groups is 1. The number of aliphatic hydroxyl groups is 2. The van der Waals surface area contributed by atoms with Gasteiger partial charge in [-0.3, -0.25) is 14.7 Å². The van der Waals surface area contributed by atoms with Gasteiger partial charge in [0.15, 0.2) is 29.3 Å². The van der Waals surface area contributed by atoms with E-state index in [1.807, 2.05) is 0 Å². The molecule has 1 saturated heterocycles. The Balaban J connectivity index is 1.00. The lowest BCUT2D eigenvalue weighted by molar-refractivity contribution is -0.137. The third kappa shape index (κ3) is 5.54. The minimum Gasteiger partial charge on any atom is -0.387 e. The van der Waals surface area contributed by atoms with Crippen LogP contribution in [0.1, 0.15) is 45.3 Å². The zero-order valence-corrected chi connectivity index (χ0v) is 25.4. The molecule has 0 spiro atoms. The molecular weight excluding hydrogens is 604 g/mol. The average molecular weight is 641 g/mol. The predicted molar refractivity (Wildman–Crippen MR) is 160 cm³/mol. The predicted octanol–water partition coefficient (Wildman–Crippen LogP) is 1.33. The lowest BCUT2D eigenvalue weighted by atomic mass is 9.54. The second-order valence-corrected chi connectivity index (χ2v) is 14.3. The molecule has 3 heterocycles. The molecule has 6 N–H and O–H groups in total. The zero-order chi connectivity index (χ0) is 31.5. The van der Waals surface area contributed by atoms with Crippen molar-refractivity contribution in [2.45, 2.75) is 74.5 Å². The Bertz CT molecular complexity index is 1690. The van der Waals surface area contributed by atoms with Crippen molar-refractivity contribution in [3.8, 4) is 0 Å². The number of hydrogen-bond acceptors (Lipinski definition) is 10. The lowest BCUT2D eigenvalue weighted by Crippen LogP contribution is -2.55. The molecule has 3 amide bonds. The van der Waals surface area contributed by atoms with E-state index < -0.39 is 46.5 Å². The van der Waals surface area contributed by atoms with Crippen LogP contribution in [0, 0.1) is 23.7 Å². The van der Waals surface area contributed by atoms with Crippen molar-refractivity contribution in [2.75, 3.05) is 17.2 Å². The maximum absolute atomic E-state index is 13.2. The number of ether oxygens (including phenoxy) is 1. The average Bonchev–Trinajstić information content (AvgIpc) is 3.56. The maximum atomic E-state index is 13.2. The highest BCUT2D eigenvalue weighted by atomic mass is 32.2. The van der Waals surface area contributed by atoms with Gasteiger partial charge in [0, 0.05) is 18.3 Å². The lowest BCUT2D eigenvalue weighted by Gasteiger charge is -2.54. The number of benzene rings is 1. The summed E-state index contributed by atoms with van der Waals surface area (Å²) in [4.78, 5) is 37.8. The Morgan fingerprint density at radius 1 is 0.956 bits per heavy atom. The molecule has 5 aliphatic rings. The number of anilines is 2. The highest BCUT2D eigenvalue weighted by Gasteiger charge is 2.50. The number of rotatable bonds is 8. The highest BCUT2D eigenvalue weighted by Crippen LogP contribution is 2.54. The van der Waals surface area contributed by atoms with Crippen LogP contribution in [0.2, 0.25) is 0 Å². The summed E-state index contributed by atoms with van der Waals surface area (Å²) in [6.45, 7) is 2.05. The second-order valence-electron chi connectivity index (χ2n) is 12.6. The molecule has 45 heavy (non-hydrogen) atoms. The number of aliphatic hydroxyl groups excluding tert-OH is 2. The Hall–Kier alpha value is -3.70. The van der Waals surface area contributed by atoms with E-state index in [1.54, 1.807) is 6.92 Å². The van der Waals surface area contributed by atoms with E-state index in [1.165, 1.54) is 47.9 Å². The van der Waals surface area contributed by atoms with Crippen LogP contribution in [0.4, 0.5) is 16.3 Å². The van der Waals surface area contributed by atoms with Gasteiger partial charge in [-0.05, 0) is 87.0 Å². The summed E-state index contributed by atoms with van der Waals surface area (Å²) in [5, 5.41) is 28.8. The molecule has 2 aromatic heterocycles.